The first-order chi connectivity index (χ1) is 21.4. The largest absolute Gasteiger partial charge is 0.460 e. The van der Waals surface area contributed by atoms with Gasteiger partial charge in [0, 0.05) is 31.1 Å². The van der Waals surface area contributed by atoms with Gasteiger partial charge >= 0.3 is 11.9 Å². The second-order valence-corrected chi connectivity index (χ2v) is 11.3. The molecule has 1 fully saturated rings. The Labute approximate surface area is 258 Å². The van der Waals surface area contributed by atoms with Crippen molar-refractivity contribution < 1.29 is 32.8 Å². The Morgan fingerprint density at radius 3 is 2.11 bits per heavy atom. The van der Waals surface area contributed by atoms with E-state index in [2.05, 4.69) is 4.99 Å². The molecular weight excluding hydrogens is 586 g/mol. The fraction of sp³-hybridized carbons (Fsp3) is 0.303. The average Bonchev–Trinajstić information content (AvgIpc) is 2.96. The van der Waals surface area contributed by atoms with Crippen LogP contribution in [0.15, 0.2) is 89.1 Å². The van der Waals surface area contributed by atoms with Gasteiger partial charge in [-0.05, 0) is 61.7 Å². The van der Waals surface area contributed by atoms with E-state index in [4.69, 9.17) is 15.2 Å². The van der Waals surface area contributed by atoms with Gasteiger partial charge < -0.3 is 15.2 Å². The van der Waals surface area contributed by atoms with Crippen molar-refractivity contribution >= 4 is 23.5 Å². The fourth-order valence-electron chi connectivity index (χ4n) is 5.78. The Morgan fingerprint density at radius 1 is 1.00 bits per heavy atom. The van der Waals surface area contributed by atoms with E-state index in [9.17, 15) is 28.5 Å². The van der Waals surface area contributed by atoms with Gasteiger partial charge in [-0.25, -0.2) is 18.6 Å². The number of nitrogens with zero attached hydrogens (tertiary/aromatic N) is 3. The molecule has 0 amide bonds. The number of carbonyl (C=O) groups excluding carboxylic acids is 2. The number of allylic oxidation sites excluding steroid dienone is 1. The van der Waals surface area contributed by atoms with Gasteiger partial charge in [0.25, 0.3) is 5.69 Å². The van der Waals surface area contributed by atoms with E-state index in [0.29, 0.717) is 18.7 Å². The maximum absolute atomic E-state index is 13.8. The predicted octanol–water partition coefficient (Wildman–Crippen LogP) is 5.19. The molecule has 10 nitrogen and oxygen atoms in total. The van der Waals surface area contributed by atoms with Crippen LogP contribution in [0.1, 0.15) is 49.4 Å². The van der Waals surface area contributed by atoms with E-state index in [1.165, 1.54) is 42.5 Å². The standard InChI is InChI=1S/C33H32F2N4O6/c1-18(2)44-32(40)27-19(3)37-31(36)29(28(27)22-5-4-6-25(15-22)39(42)43)33(41)45-26-16-38(17-26)30(20-7-11-23(34)12-8-20)21-9-13-24(35)14-10-21/h4-15,18,26,28-30H,16-17H2,1-3H3,(H2,36,37). The third kappa shape index (κ3) is 6.75. The number of hydrogen-bond donors (Lipinski definition) is 1. The number of nitro benzene ring substituents is 1. The van der Waals surface area contributed by atoms with Gasteiger partial charge in [-0.3, -0.25) is 19.8 Å². The molecule has 0 spiro atoms. The summed E-state index contributed by atoms with van der Waals surface area (Å²) in [6.45, 7) is 5.51. The number of nitro groups is 1. The highest BCUT2D eigenvalue weighted by Crippen LogP contribution is 2.41. The average molecular weight is 619 g/mol. The highest BCUT2D eigenvalue weighted by atomic mass is 19.1. The van der Waals surface area contributed by atoms with E-state index in [-0.39, 0.29) is 28.8 Å². The van der Waals surface area contributed by atoms with Crippen LogP contribution < -0.4 is 5.73 Å². The molecule has 5 rings (SSSR count). The number of aliphatic imine (C=N–C) groups is 1. The molecule has 0 radical (unpaired) electrons. The third-order valence-corrected chi connectivity index (χ3v) is 7.80. The smallest absolute Gasteiger partial charge is 0.336 e. The SMILES string of the molecule is CC1=C(C(=O)OC(C)C)C(c2cccc([N+](=O)[O-])c2)C(C(=O)OC2CN(C(c3ccc(F)cc3)c3ccc(F)cc3)C2)C(N)=N1. The fourth-order valence-corrected chi connectivity index (χ4v) is 5.78. The van der Waals surface area contributed by atoms with Gasteiger partial charge in [0.1, 0.15) is 29.5 Å². The van der Waals surface area contributed by atoms with Crippen molar-refractivity contribution in [1.82, 2.24) is 4.90 Å². The van der Waals surface area contributed by atoms with Crippen LogP contribution in [0.3, 0.4) is 0 Å². The molecule has 234 valence electrons. The molecule has 0 aliphatic carbocycles. The highest BCUT2D eigenvalue weighted by molar-refractivity contribution is 6.06. The van der Waals surface area contributed by atoms with E-state index >= 15 is 0 Å². The number of amidine groups is 1. The van der Waals surface area contributed by atoms with Crippen LogP contribution in [0.25, 0.3) is 0 Å². The van der Waals surface area contributed by atoms with Gasteiger partial charge in [-0.15, -0.1) is 0 Å². The number of carbonyl (C=O) groups is 2. The summed E-state index contributed by atoms with van der Waals surface area (Å²) in [4.78, 5) is 44.4. The zero-order chi connectivity index (χ0) is 32.4. The number of rotatable bonds is 9. The zero-order valence-electron chi connectivity index (χ0n) is 24.9. The summed E-state index contributed by atoms with van der Waals surface area (Å²) >= 11 is 0. The van der Waals surface area contributed by atoms with E-state index < -0.39 is 52.5 Å². The number of halogens is 2. The van der Waals surface area contributed by atoms with Crippen molar-refractivity contribution in [2.24, 2.45) is 16.6 Å². The van der Waals surface area contributed by atoms with Gasteiger partial charge in [-0.1, -0.05) is 36.4 Å². The Bertz CT molecular complexity index is 1620. The lowest BCUT2D eigenvalue weighted by Crippen LogP contribution is -2.55. The van der Waals surface area contributed by atoms with Crippen molar-refractivity contribution in [3.8, 4) is 0 Å². The molecule has 45 heavy (non-hydrogen) atoms. The Hall–Kier alpha value is -4.97. The molecule has 0 aromatic heterocycles. The van der Waals surface area contributed by atoms with Gasteiger partial charge in [-0.2, -0.15) is 0 Å². The second-order valence-electron chi connectivity index (χ2n) is 11.3. The maximum Gasteiger partial charge on any atom is 0.336 e. The third-order valence-electron chi connectivity index (χ3n) is 7.80. The van der Waals surface area contributed by atoms with Gasteiger partial charge in [0.05, 0.1) is 28.3 Å². The first-order valence-corrected chi connectivity index (χ1v) is 14.4. The number of esters is 2. The number of non-ortho nitro benzene ring substituents is 1. The van der Waals surface area contributed by atoms with Crippen LogP contribution >= 0.6 is 0 Å². The lowest BCUT2D eigenvalue weighted by molar-refractivity contribution is -0.384. The van der Waals surface area contributed by atoms with Crippen molar-refractivity contribution in [3.63, 3.8) is 0 Å². The number of nitrogens with two attached hydrogens (primary N) is 1. The molecule has 2 atom stereocenters. The summed E-state index contributed by atoms with van der Waals surface area (Å²) in [6.07, 6.45) is -1.05. The Morgan fingerprint density at radius 2 is 1.58 bits per heavy atom. The van der Waals surface area contributed by atoms with Crippen LogP contribution in [0, 0.1) is 27.7 Å². The highest BCUT2D eigenvalue weighted by Gasteiger charge is 2.46. The van der Waals surface area contributed by atoms with Crippen LogP contribution in [0.4, 0.5) is 14.5 Å². The van der Waals surface area contributed by atoms with Crippen LogP contribution in [-0.2, 0) is 19.1 Å². The van der Waals surface area contributed by atoms with Crippen molar-refractivity contribution in [2.75, 3.05) is 13.1 Å². The summed E-state index contributed by atoms with van der Waals surface area (Å²) in [5.74, 6) is -4.66. The van der Waals surface area contributed by atoms with Gasteiger partial charge in [0.2, 0.25) is 0 Å². The first-order valence-electron chi connectivity index (χ1n) is 14.4. The molecule has 1 saturated heterocycles. The number of likely N-dealkylation sites (tertiary alicyclic amines) is 1. The number of ether oxygens (including phenoxy) is 2. The summed E-state index contributed by atoms with van der Waals surface area (Å²) in [6, 6.07) is 17.3. The van der Waals surface area contributed by atoms with E-state index in [1.807, 2.05) is 4.90 Å². The zero-order valence-corrected chi connectivity index (χ0v) is 24.9. The number of benzene rings is 3. The van der Waals surface area contributed by atoms with Crippen molar-refractivity contribution in [1.29, 1.82) is 0 Å². The maximum atomic E-state index is 13.8. The number of hydrogen-bond acceptors (Lipinski definition) is 9. The Kier molecular flexibility index (Phi) is 9.05. The lowest BCUT2D eigenvalue weighted by atomic mass is 9.77. The summed E-state index contributed by atoms with van der Waals surface area (Å²) in [5, 5.41) is 11.6. The first kappa shape index (κ1) is 31.5. The monoisotopic (exact) mass is 618 g/mol. The second kappa shape index (κ2) is 12.9. The summed E-state index contributed by atoms with van der Waals surface area (Å²) in [7, 11) is 0. The van der Waals surface area contributed by atoms with E-state index in [1.54, 1.807) is 51.1 Å². The molecule has 2 heterocycles. The molecule has 2 aliphatic heterocycles. The summed E-state index contributed by atoms with van der Waals surface area (Å²) < 4.78 is 38.7. The predicted molar refractivity (Wildman–Crippen MR) is 161 cm³/mol. The van der Waals surface area contributed by atoms with Crippen LogP contribution in [0.2, 0.25) is 0 Å². The van der Waals surface area contributed by atoms with Gasteiger partial charge in [0.15, 0.2) is 0 Å². The Balaban J connectivity index is 1.41. The molecule has 12 heteroatoms. The molecular formula is C33H32F2N4O6. The molecule has 2 unspecified atom stereocenters. The van der Waals surface area contributed by atoms with Crippen LogP contribution in [0.5, 0.6) is 0 Å². The lowest BCUT2D eigenvalue weighted by Gasteiger charge is -2.44. The molecule has 0 saturated carbocycles. The molecule has 2 N–H and O–H groups in total. The normalized spacial score (nSPS) is 18.9. The minimum absolute atomic E-state index is 0.0586. The van der Waals surface area contributed by atoms with Crippen LogP contribution in [-0.4, -0.2) is 52.9 Å². The topological polar surface area (TPSA) is 137 Å². The minimum Gasteiger partial charge on any atom is -0.460 e. The molecule has 3 aromatic rings. The molecule has 0 bridgehead atoms. The summed E-state index contributed by atoms with van der Waals surface area (Å²) in [5.41, 5.74) is 8.22. The molecule has 2 aliphatic rings. The quantitative estimate of drug-likeness (QED) is 0.197. The van der Waals surface area contributed by atoms with E-state index in [0.717, 1.165) is 11.1 Å². The van der Waals surface area contributed by atoms with Crippen molar-refractivity contribution in [2.45, 2.75) is 44.9 Å². The molecule has 3 aromatic carbocycles. The van der Waals surface area contributed by atoms with Crippen molar-refractivity contribution in [3.05, 3.63) is 123 Å². The minimum atomic E-state index is -1.26.